The SMILES string of the molecule is C#CCCCC(=O)O[C@H]1C[C@H](n2cnc3c(N)ncnc32)O[C@@H]1COC(c1ccccc1)(c1ccc(OC)cc1)c1ccc(OC)cc1. The van der Waals surface area contributed by atoms with Crippen LogP contribution in [0.3, 0.4) is 0 Å². The van der Waals surface area contributed by atoms with E-state index in [4.69, 9.17) is 35.8 Å². The van der Waals surface area contributed by atoms with Gasteiger partial charge in [-0.25, -0.2) is 15.0 Å². The highest BCUT2D eigenvalue weighted by Crippen LogP contribution is 2.43. The highest BCUT2D eigenvalue weighted by atomic mass is 16.6. The lowest BCUT2D eigenvalue weighted by atomic mass is 9.80. The lowest BCUT2D eigenvalue weighted by Crippen LogP contribution is -2.39. The second-order valence-electron chi connectivity index (χ2n) is 11.3. The third-order valence-corrected chi connectivity index (χ3v) is 8.50. The van der Waals surface area contributed by atoms with Crippen molar-refractivity contribution in [2.24, 2.45) is 0 Å². The Balaban J connectivity index is 1.38. The third-order valence-electron chi connectivity index (χ3n) is 8.50. The highest BCUT2D eigenvalue weighted by Gasteiger charge is 2.44. The fraction of sp³-hybridized carbons (Fsp3) is 0.297. The molecule has 1 aliphatic rings. The van der Waals surface area contributed by atoms with Crippen LogP contribution in [0.5, 0.6) is 11.5 Å². The van der Waals surface area contributed by atoms with Gasteiger partial charge in [-0.15, -0.1) is 12.3 Å². The first-order valence-electron chi connectivity index (χ1n) is 15.7. The maximum Gasteiger partial charge on any atom is 0.306 e. The second kappa shape index (κ2) is 14.5. The van der Waals surface area contributed by atoms with Crippen molar-refractivity contribution in [1.82, 2.24) is 19.5 Å². The molecule has 0 spiro atoms. The maximum atomic E-state index is 13.0. The van der Waals surface area contributed by atoms with Crippen LogP contribution in [0, 0.1) is 12.3 Å². The number of carbonyl (C=O) groups is 1. The normalized spacial score (nSPS) is 17.6. The predicted octanol–water partition coefficient (Wildman–Crippen LogP) is 5.44. The van der Waals surface area contributed by atoms with Crippen LogP contribution < -0.4 is 15.2 Å². The average molecular weight is 648 g/mol. The number of nitrogens with two attached hydrogens (primary N) is 1. The Labute approximate surface area is 279 Å². The van der Waals surface area contributed by atoms with E-state index in [1.165, 1.54) is 6.33 Å². The van der Waals surface area contributed by atoms with E-state index in [-0.39, 0.29) is 24.8 Å². The number of terminal acetylenes is 1. The summed E-state index contributed by atoms with van der Waals surface area (Å²) >= 11 is 0. The first-order valence-corrected chi connectivity index (χ1v) is 15.7. The van der Waals surface area contributed by atoms with Gasteiger partial charge >= 0.3 is 5.97 Å². The van der Waals surface area contributed by atoms with Gasteiger partial charge in [0.25, 0.3) is 0 Å². The Kier molecular flexibility index (Phi) is 9.85. The third kappa shape index (κ3) is 6.53. The number of anilines is 1. The monoisotopic (exact) mass is 647 g/mol. The predicted molar refractivity (Wildman–Crippen MR) is 179 cm³/mol. The number of nitrogens with zero attached hydrogens (tertiary/aromatic N) is 4. The van der Waals surface area contributed by atoms with Crippen molar-refractivity contribution < 1.29 is 28.5 Å². The first-order chi connectivity index (χ1) is 23.5. The highest BCUT2D eigenvalue weighted by molar-refractivity contribution is 5.81. The largest absolute Gasteiger partial charge is 0.497 e. The average Bonchev–Trinajstić information content (AvgIpc) is 3.74. The van der Waals surface area contributed by atoms with Crippen molar-refractivity contribution in [3.63, 3.8) is 0 Å². The summed E-state index contributed by atoms with van der Waals surface area (Å²) in [6.45, 7) is 0.0650. The van der Waals surface area contributed by atoms with Crippen LogP contribution in [0.15, 0.2) is 91.5 Å². The molecule has 11 nitrogen and oxygen atoms in total. The molecule has 11 heteroatoms. The molecule has 0 saturated carbocycles. The lowest BCUT2D eigenvalue weighted by molar-refractivity contribution is -0.156. The molecular formula is C37H37N5O6. The first kappa shape index (κ1) is 32.5. The van der Waals surface area contributed by atoms with E-state index < -0.39 is 24.0 Å². The fourth-order valence-corrected chi connectivity index (χ4v) is 6.07. The van der Waals surface area contributed by atoms with Gasteiger partial charge in [0.15, 0.2) is 11.5 Å². The van der Waals surface area contributed by atoms with Crippen LogP contribution in [0.1, 0.15) is 48.6 Å². The number of hydrogen-bond acceptors (Lipinski definition) is 10. The lowest BCUT2D eigenvalue weighted by Gasteiger charge is -2.37. The molecule has 6 rings (SSSR count). The number of hydrogen-bond donors (Lipinski definition) is 1. The molecule has 48 heavy (non-hydrogen) atoms. The van der Waals surface area contributed by atoms with E-state index in [1.54, 1.807) is 25.1 Å². The van der Waals surface area contributed by atoms with E-state index in [9.17, 15) is 4.79 Å². The van der Waals surface area contributed by atoms with E-state index >= 15 is 0 Å². The minimum absolute atomic E-state index is 0.0650. The zero-order valence-corrected chi connectivity index (χ0v) is 26.8. The summed E-state index contributed by atoms with van der Waals surface area (Å²) < 4.78 is 32.5. The molecule has 0 radical (unpaired) electrons. The van der Waals surface area contributed by atoms with Gasteiger partial charge < -0.3 is 29.4 Å². The maximum absolute atomic E-state index is 13.0. The number of benzene rings is 3. The number of methoxy groups -OCH3 is 2. The molecule has 3 atom stereocenters. The molecule has 1 saturated heterocycles. The summed E-state index contributed by atoms with van der Waals surface area (Å²) in [6.07, 6.45) is 8.10. The van der Waals surface area contributed by atoms with E-state index in [0.29, 0.717) is 41.9 Å². The molecule has 1 aliphatic heterocycles. The van der Waals surface area contributed by atoms with Crippen molar-refractivity contribution in [2.75, 3.05) is 26.6 Å². The van der Waals surface area contributed by atoms with Gasteiger partial charge in [0.2, 0.25) is 0 Å². The van der Waals surface area contributed by atoms with Crippen LogP contribution in [0.4, 0.5) is 5.82 Å². The quantitative estimate of drug-likeness (QED) is 0.0763. The Morgan fingerprint density at radius 1 is 0.958 bits per heavy atom. The van der Waals surface area contributed by atoms with Gasteiger partial charge in [0, 0.05) is 19.3 Å². The number of aromatic nitrogens is 4. The van der Waals surface area contributed by atoms with E-state index in [1.807, 2.05) is 78.9 Å². The molecular weight excluding hydrogens is 610 g/mol. The Morgan fingerprint density at radius 3 is 2.23 bits per heavy atom. The summed E-state index contributed by atoms with van der Waals surface area (Å²) in [5, 5.41) is 0. The van der Waals surface area contributed by atoms with Gasteiger partial charge in [-0.3, -0.25) is 9.36 Å². The molecule has 1 fully saturated rings. The molecule has 0 amide bonds. The summed E-state index contributed by atoms with van der Waals surface area (Å²) in [5.74, 6) is 3.91. The van der Waals surface area contributed by atoms with Crippen molar-refractivity contribution in [2.45, 2.75) is 49.7 Å². The number of unbranched alkanes of at least 4 members (excludes halogenated alkanes) is 1. The molecule has 5 aromatic rings. The minimum Gasteiger partial charge on any atom is -0.497 e. The van der Waals surface area contributed by atoms with Crippen LogP contribution in [-0.4, -0.2) is 58.5 Å². The Hall–Kier alpha value is -5.44. The van der Waals surface area contributed by atoms with Crippen molar-refractivity contribution in [3.8, 4) is 23.8 Å². The zero-order chi connectivity index (χ0) is 33.5. The second-order valence-corrected chi connectivity index (χ2v) is 11.3. The topological polar surface area (TPSA) is 133 Å². The van der Waals surface area contributed by atoms with Crippen LogP contribution in [-0.2, 0) is 24.6 Å². The summed E-state index contributed by atoms with van der Waals surface area (Å²) in [7, 11) is 3.26. The molecule has 0 aliphatic carbocycles. The number of rotatable bonds is 13. The van der Waals surface area contributed by atoms with E-state index in [0.717, 1.165) is 16.7 Å². The van der Waals surface area contributed by atoms with Gasteiger partial charge in [-0.05, 0) is 47.4 Å². The Morgan fingerprint density at radius 2 is 1.60 bits per heavy atom. The number of fused-ring (bicyclic) bond motifs is 1. The molecule has 2 N–H and O–H groups in total. The number of nitrogen functional groups attached to an aromatic ring is 1. The molecule has 0 bridgehead atoms. The smallest absolute Gasteiger partial charge is 0.306 e. The number of ether oxygens (including phenoxy) is 5. The standard InChI is InChI=1S/C37H37N5O6/c1-4-5-7-12-33(43)48-30-21-32(42-24-41-34-35(38)39-23-40-36(34)42)47-31(30)22-46-37(25-10-8-6-9-11-25,26-13-17-28(44-2)18-14-26)27-15-19-29(45-3)20-16-27/h1,6,8-11,13-20,23-24,30-32H,5,7,12,21-22H2,2-3H3,(H2,38,39,40)/t30-,31+,32+/m0/s1. The van der Waals surface area contributed by atoms with Crippen LogP contribution >= 0.6 is 0 Å². The number of imidazole rings is 1. The number of carbonyl (C=O) groups excluding carboxylic acids is 1. The fourth-order valence-electron chi connectivity index (χ4n) is 6.07. The van der Waals surface area contributed by atoms with Crippen LogP contribution in [0.2, 0.25) is 0 Å². The zero-order valence-electron chi connectivity index (χ0n) is 26.8. The van der Waals surface area contributed by atoms with Crippen molar-refractivity contribution in [1.29, 1.82) is 0 Å². The summed E-state index contributed by atoms with van der Waals surface area (Å²) in [4.78, 5) is 25.8. The molecule has 246 valence electrons. The van der Waals surface area contributed by atoms with Gasteiger partial charge in [0.1, 0.15) is 47.4 Å². The molecule has 3 heterocycles. The summed E-state index contributed by atoms with van der Waals surface area (Å²) in [6, 6.07) is 25.5. The summed E-state index contributed by atoms with van der Waals surface area (Å²) in [5.41, 5.74) is 8.57. The van der Waals surface area contributed by atoms with Crippen molar-refractivity contribution >= 4 is 23.0 Å². The van der Waals surface area contributed by atoms with Gasteiger partial charge in [-0.1, -0.05) is 54.6 Å². The molecule has 2 aromatic heterocycles. The minimum atomic E-state index is -1.09. The van der Waals surface area contributed by atoms with Crippen molar-refractivity contribution in [3.05, 3.63) is 108 Å². The van der Waals surface area contributed by atoms with Gasteiger partial charge in [0.05, 0.1) is 27.2 Å². The van der Waals surface area contributed by atoms with Crippen LogP contribution in [0.25, 0.3) is 11.2 Å². The van der Waals surface area contributed by atoms with E-state index in [2.05, 4.69) is 20.9 Å². The number of esters is 1. The van der Waals surface area contributed by atoms with Gasteiger partial charge in [-0.2, -0.15) is 0 Å². The Bertz CT molecular complexity index is 1820. The molecule has 0 unspecified atom stereocenters. The molecule has 3 aromatic carbocycles.